The fraction of sp³-hybridized carbons (Fsp3) is 0.157. The maximum atomic E-state index is 12.1. The summed E-state index contributed by atoms with van der Waals surface area (Å²) in [6.45, 7) is 21.0. The molecule has 14 aromatic carbocycles. The maximum Gasteiger partial charge on any atom is 3.00 e. The maximum absolute atomic E-state index is 12.1. The van der Waals surface area contributed by atoms with Crippen molar-refractivity contribution >= 4 is 106 Å². The van der Waals surface area contributed by atoms with Gasteiger partial charge >= 0.3 is 57.4 Å². The second-order valence-corrected chi connectivity index (χ2v) is 33.3. The van der Waals surface area contributed by atoms with Crippen LogP contribution in [0.5, 0.6) is 23.0 Å². The van der Waals surface area contributed by atoms with Crippen LogP contribution in [0.4, 0.5) is 0 Å². The van der Waals surface area contributed by atoms with Crippen molar-refractivity contribution in [2.75, 3.05) is 54.4 Å². The van der Waals surface area contributed by atoms with Crippen LogP contribution < -0.4 is 0 Å². The van der Waals surface area contributed by atoms with Crippen LogP contribution in [0.1, 0.15) is 55.6 Å². The summed E-state index contributed by atoms with van der Waals surface area (Å²) < 4.78 is 8.74. The third-order valence-corrected chi connectivity index (χ3v) is 21.5. The minimum atomic E-state index is -0.556. The number of aryl methyl sites for hydroxylation is 4. The molecule has 18 aromatic rings. The zero-order chi connectivity index (χ0) is 82.0. The summed E-state index contributed by atoms with van der Waals surface area (Å²) in [5.74, 6) is 1.10. The molecule has 4 aromatic heterocycles. The molecule has 4 N–H and O–H groups in total. The van der Waals surface area contributed by atoms with Crippen LogP contribution in [-0.4, -0.2) is 113 Å². The van der Waals surface area contributed by atoms with Gasteiger partial charge in [-0.3, -0.25) is 9.80 Å². The van der Waals surface area contributed by atoms with Crippen molar-refractivity contribution < 1.29 is 59.2 Å². The molecule has 18 rings (SSSR count). The largest absolute Gasteiger partial charge is 3.00 e. The second-order valence-electron chi connectivity index (χ2n) is 30.7. The third-order valence-electron chi connectivity index (χ3n) is 21.5. The molecule has 0 unspecified atom stereocenters. The Labute approximate surface area is 723 Å². The van der Waals surface area contributed by atoms with Gasteiger partial charge in [0.05, 0.1) is 66.9 Å². The normalized spacial score (nSPS) is 11.3. The van der Waals surface area contributed by atoms with Crippen molar-refractivity contribution in [3.05, 3.63) is 373 Å². The van der Waals surface area contributed by atoms with Crippen LogP contribution in [-0.2, 0) is 64.9 Å². The Bertz CT molecular complexity index is 5590. The topological polar surface area (TPSA) is 114 Å². The number of hydrogen-bond acceptors (Lipinski definition) is 8. The number of rotatable bonds is 18. The first kappa shape index (κ1) is 85.0. The standard InChI is InChI=1S/2C44H42N4O2.2C7H7.2ClH.2Ti/c2*1-29-23-31(43(49)41(25-29)47-37-17-9-5-13-33(37)34-14-6-10-18-38(34)47)27-46(22-21-45(3)4)28-32-24-30(2)26-42(44(32)50)48-39-19-11-7-15-35(39)36-16-8-12-20-40(36)48;2*1-7-5-3-2-4-6-7;;;;/h2*5-20,23-26,49-50H,21-22,27-28H2,1-4H3;2*2-6H,1H2;2*1H;;/q;;2*-1;;;+2;+3/p-2. The van der Waals surface area contributed by atoms with Crippen LogP contribution in [0.25, 0.3) is 110 Å². The Kier molecular flexibility index (Phi) is 27.8. The molecule has 16 heteroatoms. The molecule has 0 saturated heterocycles. The first-order valence-corrected chi connectivity index (χ1v) is 43.8. The number of likely N-dealkylation sites (N-methyl/N-ethyl adjacent to an activating group) is 2. The molecule has 12 nitrogen and oxygen atoms in total. The fourth-order valence-corrected chi connectivity index (χ4v) is 16.3. The van der Waals surface area contributed by atoms with Crippen molar-refractivity contribution in [1.29, 1.82) is 0 Å². The summed E-state index contributed by atoms with van der Waals surface area (Å²) in [5, 5.41) is 57.5. The first-order chi connectivity index (χ1) is 56.8. The molecule has 0 bridgehead atoms. The molecule has 0 aliphatic heterocycles. The Hall–Kier alpha value is -10.9. The van der Waals surface area contributed by atoms with Gasteiger partial charge < -0.3 is 48.5 Å². The van der Waals surface area contributed by atoms with Crippen molar-refractivity contribution in [1.82, 2.24) is 37.9 Å². The Morgan fingerprint density at radius 1 is 0.271 bits per heavy atom. The quantitative estimate of drug-likeness (QED) is 0.0496. The van der Waals surface area contributed by atoms with Crippen LogP contribution in [0.15, 0.2) is 303 Å². The summed E-state index contributed by atoms with van der Waals surface area (Å²) >= 11 is -0.556. The molecule has 0 fully saturated rings. The number of nitrogens with zero attached hydrogens (tertiary/aromatic N) is 8. The van der Waals surface area contributed by atoms with Gasteiger partial charge in [-0.25, -0.2) is 0 Å². The SMILES string of the molecule is Cc1cc(CN(CCN(C)C)Cc2cc(C)cc(-n3c4ccccc4c4ccccc43)c2O)c(O)c(-n2c3ccccc3c3ccccc32)c1.Cc1cc(CN(CCN(C)C)Cc2cc(C)cc(-n3c4ccccc4c4ccccc43)c2O)c(O)c(-n2c3ccccc3c3ccccc32)c1.[CH2-]c1ccccc1.[CH2-]c1ccccc1.[Cl][Ti][Cl].[Ti+3]. The van der Waals surface area contributed by atoms with E-state index in [9.17, 15) is 20.4 Å². The van der Waals surface area contributed by atoms with Crippen LogP contribution in [0.2, 0.25) is 0 Å². The molecule has 0 aliphatic carbocycles. The summed E-state index contributed by atoms with van der Waals surface area (Å²) in [6, 6.07) is 103. The van der Waals surface area contributed by atoms with Gasteiger partial charge in [0.1, 0.15) is 23.0 Å². The predicted octanol–water partition coefficient (Wildman–Crippen LogP) is 24.1. The summed E-state index contributed by atoms with van der Waals surface area (Å²) in [5.41, 5.74) is 21.5. The van der Waals surface area contributed by atoms with Crippen molar-refractivity contribution in [3.63, 3.8) is 0 Å². The molecule has 0 aliphatic rings. The number of fused-ring (bicyclic) bond motifs is 12. The molecule has 118 heavy (non-hydrogen) atoms. The fourth-order valence-electron chi connectivity index (χ4n) is 16.3. The van der Waals surface area contributed by atoms with Crippen molar-refractivity contribution in [2.45, 2.75) is 53.9 Å². The van der Waals surface area contributed by atoms with E-state index in [4.69, 9.17) is 18.6 Å². The van der Waals surface area contributed by atoms with E-state index < -0.39 is 17.0 Å². The van der Waals surface area contributed by atoms with Crippen LogP contribution in [0.3, 0.4) is 0 Å². The zero-order valence-corrected chi connectivity index (χ0v) is 72.7. The minimum Gasteiger partial charge on any atom is 3.00 e. The van der Waals surface area contributed by atoms with Gasteiger partial charge in [-0.05, 0) is 151 Å². The number of aromatic hydroxyl groups is 4. The van der Waals surface area contributed by atoms with Crippen LogP contribution >= 0.6 is 18.6 Å². The number of halogens is 2. The van der Waals surface area contributed by atoms with Crippen molar-refractivity contribution in [3.8, 4) is 45.7 Å². The van der Waals surface area contributed by atoms with Gasteiger partial charge in [0, 0.05) is 118 Å². The van der Waals surface area contributed by atoms with Gasteiger partial charge in [0.2, 0.25) is 0 Å². The number of benzene rings is 14. The van der Waals surface area contributed by atoms with E-state index in [0.29, 0.717) is 26.2 Å². The first-order valence-electron chi connectivity index (χ1n) is 39.5. The molecule has 591 valence electrons. The van der Waals surface area contributed by atoms with E-state index in [1.54, 1.807) is 0 Å². The smallest absolute Gasteiger partial charge is 3.00 e. The minimum absolute atomic E-state index is 0. The van der Waals surface area contributed by atoms with E-state index in [1.807, 2.05) is 60.7 Å². The predicted molar refractivity (Wildman–Crippen MR) is 488 cm³/mol. The Balaban J connectivity index is 0.000000169. The molecule has 0 atom stereocenters. The molecule has 4 heterocycles. The number of hydrogen-bond donors (Lipinski definition) is 4. The van der Waals surface area contributed by atoms with E-state index in [1.165, 1.54) is 0 Å². The average molecular weight is 1670 g/mol. The number of para-hydroxylation sites is 8. The summed E-state index contributed by atoms with van der Waals surface area (Å²) in [7, 11) is 18.1. The van der Waals surface area contributed by atoms with E-state index in [0.717, 1.165) is 192 Å². The van der Waals surface area contributed by atoms with E-state index in [-0.39, 0.29) is 44.7 Å². The number of aromatic nitrogens is 4. The number of phenolic OH excluding ortho intramolecular Hbond substituents is 4. The summed E-state index contributed by atoms with van der Waals surface area (Å²) in [6.07, 6.45) is 0. The van der Waals surface area contributed by atoms with Crippen LogP contribution in [0, 0.1) is 41.5 Å². The Morgan fingerprint density at radius 3 is 0.602 bits per heavy atom. The van der Waals surface area contributed by atoms with Crippen molar-refractivity contribution in [2.24, 2.45) is 0 Å². The summed E-state index contributed by atoms with van der Waals surface area (Å²) in [4.78, 5) is 9.00. The zero-order valence-electron chi connectivity index (χ0n) is 68.1. The molecule has 0 saturated carbocycles. The van der Waals surface area contributed by atoms with Gasteiger partial charge in [-0.1, -0.05) is 182 Å². The number of phenols is 4. The second kappa shape index (κ2) is 38.6. The van der Waals surface area contributed by atoms with E-state index >= 15 is 0 Å². The Morgan fingerprint density at radius 2 is 0.441 bits per heavy atom. The molecule has 1 radical (unpaired) electrons. The molecule has 0 spiro atoms. The van der Waals surface area contributed by atoms with Gasteiger partial charge in [-0.2, -0.15) is 49.2 Å². The van der Waals surface area contributed by atoms with Gasteiger partial charge in [-0.15, -0.1) is 24.3 Å². The van der Waals surface area contributed by atoms with Gasteiger partial charge in [0.25, 0.3) is 0 Å². The molecular weight excluding hydrogens is 1570 g/mol. The monoisotopic (exact) mass is 1660 g/mol. The van der Waals surface area contributed by atoms with Gasteiger partial charge in [0.15, 0.2) is 0 Å². The molecule has 0 amide bonds. The average Bonchev–Trinajstić information content (AvgIpc) is 1.61. The van der Waals surface area contributed by atoms with E-state index in [2.05, 4.69) is 350 Å². The third kappa shape index (κ3) is 18.6. The molecular formula is C102H98Cl2N8O4Ti2+.